The summed E-state index contributed by atoms with van der Waals surface area (Å²) in [6, 6.07) is 33.5. The van der Waals surface area contributed by atoms with Gasteiger partial charge in [-0.15, -0.1) is 0 Å². The number of hydrogen-bond acceptors (Lipinski definition) is 2. The fraction of sp³-hybridized carbons (Fsp3) is 0. The van der Waals surface area contributed by atoms with E-state index in [0.717, 1.165) is 32.3 Å². The molecule has 208 valence electrons. The number of anilines is 6. The van der Waals surface area contributed by atoms with Crippen molar-refractivity contribution in [3.05, 3.63) is 182 Å². The van der Waals surface area contributed by atoms with Gasteiger partial charge in [-0.05, 0) is 82.1 Å². The molecule has 0 aromatic heterocycles. The van der Waals surface area contributed by atoms with E-state index in [9.17, 15) is 0 Å². The van der Waals surface area contributed by atoms with Gasteiger partial charge >= 0.3 is 0 Å². The topological polar surface area (TPSA) is 6.48 Å². The fourth-order valence-corrected chi connectivity index (χ4v) is 5.92. The van der Waals surface area contributed by atoms with Crippen LogP contribution in [0.1, 0.15) is 13.7 Å². The van der Waals surface area contributed by atoms with Crippen LogP contribution in [0.3, 0.4) is 0 Å². The normalized spacial score (nSPS) is 14.4. The molecule has 0 bridgehead atoms. The molecule has 0 amide bonds. The zero-order chi connectivity index (χ0) is 38.0. The molecule has 0 heterocycles. The Labute approximate surface area is 271 Å². The van der Waals surface area contributed by atoms with Crippen LogP contribution in [0, 0.1) is 0 Å². The summed E-state index contributed by atoms with van der Waals surface area (Å²) in [6.45, 7) is 0. The van der Waals surface area contributed by atoms with Crippen LogP contribution in [0.5, 0.6) is 0 Å². The number of fused-ring (bicyclic) bond motifs is 5. The molecule has 0 atom stereocenters. The Morgan fingerprint density at radius 1 is 0.318 bits per heavy atom. The van der Waals surface area contributed by atoms with Crippen molar-refractivity contribution in [2.75, 3.05) is 9.80 Å². The van der Waals surface area contributed by atoms with Gasteiger partial charge in [-0.25, -0.2) is 0 Å². The fourth-order valence-electron chi connectivity index (χ4n) is 5.92. The maximum atomic E-state index is 8.99. The van der Waals surface area contributed by atoms with E-state index in [4.69, 9.17) is 13.7 Å². The van der Waals surface area contributed by atoms with Crippen molar-refractivity contribution in [1.29, 1.82) is 0 Å². The van der Waals surface area contributed by atoms with Crippen LogP contribution in [0.4, 0.5) is 34.1 Å². The average Bonchev–Trinajstić information content (AvgIpc) is 3.21. The molecule has 0 aliphatic carbocycles. The lowest BCUT2D eigenvalue weighted by Gasteiger charge is -2.29. The highest BCUT2D eigenvalue weighted by Crippen LogP contribution is 2.47. The van der Waals surface area contributed by atoms with Gasteiger partial charge in [0.05, 0.1) is 25.1 Å². The first-order chi connectivity index (χ1) is 26.0. The lowest BCUT2D eigenvalue weighted by Crippen LogP contribution is -2.11. The van der Waals surface area contributed by atoms with E-state index in [2.05, 4.69) is 0 Å². The van der Waals surface area contributed by atoms with Crippen LogP contribution in [0.15, 0.2) is 182 Å². The predicted molar refractivity (Wildman–Crippen MR) is 188 cm³/mol. The molecule has 8 aromatic rings. The quantitative estimate of drug-likeness (QED) is 0.183. The summed E-state index contributed by atoms with van der Waals surface area (Å²) >= 11 is 0. The van der Waals surface area contributed by atoms with Crippen molar-refractivity contribution in [1.82, 2.24) is 0 Å². The number of rotatable bonds is 6. The van der Waals surface area contributed by atoms with E-state index in [-0.39, 0.29) is 35.5 Å². The summed E-state index contributed by atoms with van der Waals surface area (Å²) in [7, 11) is 0. The molecule has 8 rings (SSSR count). The van der Waals surface area contributed by atoms with Gasteiger partial charge in [-0.2, -0.15) is 0 Å². The Balaban J connectivity index is 1.52. The average molecular weight is 573 g/mol. The van der Waals surface area contributed by atoms with Crippen molar-refractivity contribution in [2.24, 2.45) is 0 Å². The zero-order valence-electron chi connectivity index (χ0n) is 33.4. The largest absolute Gasteiger partial charge is 0.310 e. The second-order valence-corrected chi connectivity index (χ2v) is 10.3. The van der Waals surface area contributed by atoms with Crippen molar-refractivity contribution in [3.63, 3.8) is 0 Å². The highest BCUT2D eigenvalue weighted by atomic mass is 15.1. The molecule has 0 spiro atoms. The second kappa shape index (κ2) is 11.1. The number of hydrogen-bond donors (Lipinski definition) is 0. The third-order valence-corrected chi connectivity index (χ3v) is 7.77. The number of benzene rings is 8. The van der Waals surface area contributed by atoms with Crippen LogP contribution in [0.25, 0.3) is 32.3 Å². The lowest BCUT2D eigenvalue weighted by atomic mass is 9.93. The van der Waals surface area contributed by atoms with Gasteiger partial charge in [-0.1, -0.05) is 121 Å². The molecule has 0 fully saturated rings. The summed E-state index contributed by atoms with van der Waals surface area (Å²) in [4.78, 5) is 3.43. The van der Waals surface area contributed by atoms with Crippen LogP contribution >= 0.6 is 0 Å². The monoisotopic (exact) mass is 572 g/mol. The minimum atomic E-state index is -0.481. The molecule has 0 aliphatic heterocycles. The molecule has 2 nitrogen and oxygen atoms in total. The molecule has 0 radical (unpaired) electrons. The Morgan fingerprint density at radius 2 is 0.659 bits per heavy atom. The number of para-hydroxylation sites is 4. The summed E-state index contributed by atoms with van der Waals surface area (Å²) < 4.78 is 86.7. The standard InChI is InChI=1S/C42H30N2/c1-5-17-31(18-6-1)43(32-19-7-2-8-20-32)41-29-39-36-26-14-16-28-38(36)42(30-40(39)35-25-13-15-27-37(35)41)44(33-21-9-3-10-22-33)34-23-11-4-12-24-34/h1-30H/i1D,3D,5D,6D,9D,10D,17D,18D,21D,22D. The van der Waals surface area contributed by atoms with Crippen molar-refractivity contribution in [3.8, 4) is 0 Å². The van der Waals surface area contributed by atoms with Crippen LogP contribution in [-0.2, 0) is 0 Å². The van der Waals surface area contributed by atoms with Crippen molar-refractivity contribution in [2.45, 2.75) is 0 Å². The molecular formula is C42H30N2. The molecule has 0 unspecified atom stereocenters. The molecule has 0 N–H and O–H groups in total. The van der Waals surface area contributed by atoms with Gasteiger partial charge in [-0.3, -0.25) is 0 Å². The molecule has 0 saturated heterocycles. The highest BCUT2D eigenvalue weighted by Gasteiger charge is 2.21. The Hall–Kier alpha value is -5.86. The molecule has 0 aliphatic rings. The minimum absolute atomic E-state index is 0.00840. The van der Waals surface area contributed by atoms with Gasteiger partial charge in [0.25, 0.3) is 0 Å². The zero-order valence-corrected chi connectivity index (χ0v) is 23.4. The van der Waals surface area contributed by atoms with Crippen molar-refractivity contribution >= 4 is 66.4 Å². The highest BCUT2D eigenvalue weighted by molar-refractivity contribution is 6.24. The molecule has 8 aromatic carbocycles. The summed E-state index contributed by atoms with van der Waals surface area (Å²) in [5.74, 6) is 0. The van der Waals surface area contributed by atoms with Crippen molar-refractivity contribution < 1.29 is 13.7 Å². The summed E-state index contributed by atoms with van der Waals surface area (Å²) in [5, 5.41) is 4.64. The first-order valence-electron chi connectivity index (χ1n) is 19.2. The van der Waals surface area contributed by atoms with Gasteiger partial charge < -0.3 is 9.80 Å². The first-order valence-corrected chi connectivity index (χ1v) is 14.2. The maximum absolute atomic E-state index is 8.99. The van der Waals surface area contributed by atoms with Crippen LogP contribution in [0.2, 0.25) is 0 Å². The Morgan fingerprint density at radius 3 is 1.05 bits per heavy atom. The SMILES string of the molecule is [2H]c1c([2H])c([2H])c(N(c2ccccc2)c2cc3c4ccccc4c(N(c4ccccc4)c4c([2H])c([2H])c([2H])c([2H])c4[2H])cc3c3ccccc23)c([2H])c1[2H]. The third kappa shape index (κ3) is 4.45. The Bertz CT molecular complexity index is 2540. The number of nitrogens with zero attached hydrogens (tertiary/aromatic N) is 2. The molecule has 44 heavy (non-hydrogen) atoms. The van der Waals surface area contributed by atoms with Gasteiger partial charge in [0.2, 0.25) is 0 Å². The van der Waals surface area contributed by atoms with E-state index >= 15 is 0 Å². The van der Waals surface area contributed by atoms with E-state index < -0.39 is 36.3 Å². The smallest absolute Gasteiger partial charge is 0.0645 e. The molecule has 2 heteroatoms. The summed E-state index contributed by atoms with van der Waals surface area (Å²) in [5.41, 5.74) is 2.39. The van der Waals surface area contributed by atoms with E-state index in [1.54, 1.807) is 9.80 Å². The summed E-state index contributed by atoms with van der Waals surface area (Å²) in [6.07, 6.45) is 0. The van der Waals surface area contributed by atoms with E-state index in [1.165, 1.54) is 0 Å². The molecule has 0 saturated carbocycles. The maximum Gasteiger partial charge on any atom is 0.0645 e. The minimum Gasteiger partial charge on any atom is -0.310 e. The predicted octanol–water partition coefficient (Wildman–Crippen LogP) is 12.1. The van der Waals surface area contributed by atoms with Crippen LogP contribution < -0.4 is 9.80 Å². The van der Waals surface area contributed by atoms with Crippen LogP contribution in [-0.4, -0.2) is 0 Å². The van der Waals surface area contributed by atoms with Gasteiger partial charge in [0.1, 0.15) is 0 Å². The van der Waals surface area contributed by atoms with Gasteiger partial charge in [0.15, 0.2) is 0 Å². The third-order valence-electron chi connectivity index (χ3n) is 7.77. The van der Waals surface area contributed by atoms with E-state index in [1.807, 2.05) is 121 Å². The van der Waals surface area contributed by atoms with Gasteiger partial charge in [0, 0.05) is 33.5 Å². The second-order valence-electron chi connectivity index (χ2n) is 10.3. The first kappa shape index (κ1) is 17.3. The lowest BCUT2D eigenvalue weighted by molar-refractivity contribution is 1.30. The Kier molecular flexibility index (Phi) is 4.36. The molecular weight excluding hydrogens is 532 g/mol. The van der Waals surface area contributed by atoms with E-state index in [0.29, 0.717) is 22.7 Å².